The summed E-state index contributed by atoms with van der Waals surface area (Å²) in [6.45, 7) is 2.19. The van der Waals surface area contributed by atoms with Crippen LogP contribution in [0.4, 0.5) is 0 Å². The highest BCUT2D eigenvalue weighted by Crippen LogP contribution is 2.22. The van der Waals surface area contributed by atoms with Crippen molar-refractivity contribution < 1.29 is 0 Å². The van der Waals surface area contributed by atoms with E-state index in [9.17, 15) is 0 Å². The van der Waals surface area contributed by atoms with E-state index in [1.54, 1.807) is 6.20 Å². The smallest absolute Gasteiger partial charge is 0.0830 e. The van der Waals surface area contributed by atoms with E-state index in [-0.39, 0.29) is 0 Å². The van der Waals surface area contributed by atoms with E-state index in [2.05, 4.69) is 56.5 Å². The molecule has 15 heavy (non-hydrogen) atoms. The number of aromatic amines is 1. The molecule has 0 bridgehead atoms. The molecule has 0 saturated carbocycles. The summed E-state index contributed by atoms with van der Waals surface area (Å²) >= 11 is 3.47. The quantitative estimate of drug-likeness (QED) is 0.928. The van der Waals surface area contributed by atoms with Crippen LogP contribution in [0.3, 0.4) is 0 Å². The Bertz CT molecular complexity index is 425. The van der Waals surface area contributed by atoms with Gasteiger partial charge in [0.25, 0.3) is 0 Å². The van der Waals surface area contributed by atoms with Crippen LogP contribution in [0, 0.1) is 0 Å². The molecular formula is C11H12BrN3. The van der Waals surface area contributed by atoms with Gasteiger partial charge in [-0.25, -0.2) is 0 Å². The molecule has 0 spiro atoms. The van der Waals surface area contributed by atoms with Crippen LogP contribution in [0.5, 0.6) is 0 Å². The molecule has 1 aromatic carbocycles. The minimum atomic E-state index is 0.451. The van der Waals surface area contributed by atoms with E-state index in [0.29, 0.717) is 5.92 Å². The zero-order valence-corrected chi connectivity index (χ0v) is 10.0. The van der Waals surface area contributed by atoms with Gasteiger partial charge in [0.2, 0.25) is 0 Å². The minimum absolute atomic E-state index is 0.451. The number of benzene rings is 1. The van der Waals surface area contributed by atoms with Crippen molar-refractivity contribution in [1.29, 1.82) is 0 Å². The van der Waals surface area contributed by atoms with Crippen molar-refractivity contribution in [2.45, 2.75) is 19.3 Å². The lowest BCUT2D eigenvalue weighted by atomic mass is 9.97. The summed E-state index contributed by atoms with van der Waals surface area (Å²) in [6, 6.07) is 8.37. The molecule has 1 N–H and O–H groups in total. The number of rotatable bonds is 3. The molecule has 0 aliphatic carbocycles. The average Bonchev–Trinajstić information content (AvgIpc) is 2.70. The first kappa shape index (κ1) is 10.4. The Morgan fingerprint density at radius 3 is 3.00 bits per heavy atom. The maximum Gasteiger partial charge on any atom is 0.0830 e. The van der Waals surface area contributed by atoms with E-state index < -0.39 is 0 Å². The molecule has 1 heterocycles. The number of H-pyrrole nitrogens is 1. The fourth-order valence-electron chi connectivity index (χ4n) is 1.57. The molecule has 1 unspecified atom stereocenters. The summed E-state index contributed by atoms with van der Waals surface area (Å²) in [6.07, 6.45) is 2.68. The summed E-state index contributed by atoms with van der Waals surface area (Å²) in [5.41, 5.74) is 2.31. The monoisotopic (exact) mass is 265 g/mol. The van der Waals surface area contributed by atoms with Gasteiger partial charge in [-0.15, -0.1) is 0 Å². The molecular weight excluding hydrogens is 254 g/mol. The Labute approximate surface area is 97.0 Å². The van der Waals surface area contributed by atoms with Crippen molar-refractivity contribution in [3.63, 3.8) is 0 Å². The highest BCUT2D eigenvalue weighted by molar-refractivity contribution is 9.10. The molecule has 78 valence electrons. The molecule has 2 rings (SSSR count). The standard InChI is InChI=1S/C11H12BrN3/c1-8(5-11-7-13-15-14-11)9-3-2-4-10(12)6-9/h2-4,6-8H,5H2,1H3,(H,13,14,15). The summed E-state index contributed by atoms with van der Waals surface area (Å²) in [5, 5.41) is 10.5. The van der Waals surface area contributed by atoms with Gasteiger partial charge in [-0.05, 0) is 30.0 Å². The van der Waals surface area contributed by atoms with Crippen molar-refractivity contribution in [2.24, 2.45) is 0 Å². The van der Waals surface area contributed by atoms with E-state index in [4.69, 9.17) is 0 Å². The molecule has 0 radical (unpaired) electrons. The average molecular weight is 266 g/mol. The maximum absolute atomic E-state index is 4.06. The second-order valence-electron chi connectivity index (χ2n) is 3.62. The van der Waals surface area contributed by atoms with Crippen LogP contribution < -0.4 is 0 Å². The summed E-state index contributed by atoms with van der Waals surface area (Å²) in [4.78, 5) is 0. The topological polar surface area (TPSA) is 41.6 Å². The van der Waals surface area contributed by atoms with Gasteiger partial charge in [-0.1, -0.05) is 35.0 Å². The Balaban J connectivity index is 2.11. The highest BCUT2D eigenvalue weighted by atomic mass is 79.9. The lowest BCUT2D eigenvalue weighted by Crippen LogP contribution is -1.98. The number of hydrogen-bond acceptors (Lipinski definition) is 2. The third kappa shape index (κ3) is 2.65. The van der Waals surface area contributed by atoms with Gasteiger partial charge in [0.1, 0.15) is 0 Å². The molecule has 0 aliphatic heterocycles. The fraction of sp³-hybridized carbons (Fsp3) is 0.273. The molecule has 0 aliphatic rings. The molecule has 1 aromatic heterocycles. The third-order valence-corrected chi connectivity index (χ3v) is 2.89. The van der Waals surface area contributed by atoms with E-state index in [1.807, 2.05) is 6.07 Å². The number of aromatic nitrogens is 3. The number of halogens is 1. The summed E-state index contributed by atoms with van der Waals surface area (Å²) < 4.78 is 1.12. The highest BCUT2D eigenvalue weighted by Gasteiger charge is 2.08. The molecule has 0 amide bonds. The van der Waals surface area contributed by atoms with Crippen LogP contribution in [0.15, 0.2) is 34.9 Å². The van der Waals surface area contributed by atoms with E-state index in [1.165, 1.54) is 5.56 Å². The van der Waals surface area contributed by atoms with Crippen LogP contribution in [0.1, 0.15) is 24.1 Å². The minimum Gasteiger partial charge on any atom is -0.198 e. The van der Waals surface area contributed by atoms with Gasteiger partial charge in [0, 0.05) is 4.47 Å². The molecule has 4 heteroatoms. The van der Waals surface area contributed by atoms with Crippen molar-refractivity contribution in [2.75, 3.05) is 0 Å². The lowest BCUT2D eigenvalue weighted by Gasteiger charge is -2.09. The van der Waals surface area contributed by atoms with E-state index >= 15 is 0 Å². The van der Waals surface area contributed by atoms with Crippen molar-refractivity contribution in [3.05, 3.63) is 46.2 Å². The third-order valence-electron chi connectivity index (χ3n) is 2.40. The van der Waals surface area contributed by atoms with Gasteiger partial charge in [-0.2, -0.15) is 15.4 Å². The predicted molar refractivity (Wildman–Crippen MR) is 62.6 cm³/mol. The number of hydrogen-bond donors (Lipinski definition) is 1. The first-order valence-electron chi connectivity index (χ1n) is 4.86. The Morgan fingerprint density at radius 1 is 1.47 bits per heavy atom. The van der Waals surface area contributed by atoms with Crippen molar-refractivity contribution >= 4 is 15.9 Å². The zero-order valence-electron chi connectivity index (χ0n) is 8.44. The second-order valence-corrected chi connectivity index (χ2v) is 4.54. The van der Waals surface area contributed by atoms with E-state index in [0.717, 1.165) is 16.6 Å². The maximum atomic E-state index is 4.06. The summed E-state index contributed by atoms with van der Waals surface area (Å²) in [5.74, 6) is 0.451. The van der Waals surface area contributed by atoms with Crippen LogP contribution in [0.25, 0.3) is 0 Å². The van der Waals surface area contributed by atoms with Gasteiger partial charge in [0.15, 0.2) is 0 Å². The molecule has 1 atom stereocenters. The number of nitrogens with one attached hydrogen (secondary N) is 1. The Morgan fingerprint density at radius 2 is 2.33 bits per heavy atom. The SMILES string of the molecule is CC(Cc1cn[nH]n1)c1cccc(Br)c1. The zero-order chi connectivity index (χ0) is 10.7. The van der Waals surface area contributed by atoms with Crippen molar-refractivity contribution in [1.82, 2.24) is 15.4 Å². The normalized spacial score (nSPS) is 12.7. The Kier molecular flexibility index (Phi) is 3.16. The molecule has 0 saturated heterocycles. The molecule has 0 fully saturated rings. The fourth-order valence-corrected chi connectivity index (χ4v) is 1.99. The van der Waals surface area contributed by atoms with Crippen LogP contribution in [0.2, 0.25) is 0 Å². The first-order chi connectivity index (χ1) is 7.25. The van der Waals surface area contributed by atoms with Gasteiger partial charge >= 0.3 is 0 Å². The van der Waals surface area contributed by atoms with Crippen LogP contribution in [-0.4, -0.2) is 15.4 Å². The largest absolute Gasteiger partial charge is 0.198 e. The predicted octanol–water partition coefficient (Wildman–Crippen LogP) is 2.91. The Hall–Kier alpha value is -1.16. The van der Waals surface area contributed by atoms with Crippen LogP contribution >= 0.6 is 15.9 Å². The van der Waals surface area contributed by atoms with Gasteiger partial charge in [0.05, 0.1) is 11.9 Å². The van der Waals surface area contributed by atoms with Crippen LogP contribution in [-0.2, 0) is 6.42 Å². The first-order valence-corrected chi connectivity index (χ1v) is 5.65. The van der Waals surface area contributed by atoms with Gasteiger partial charge < -0.3 is 0 Å². The lowest BCUT2D eigenvalue weighted by molar-refractivity contribution is 0.735. The molecule has 3 nitrogen and oxygen atoms in total. The summed E-state index contributed by atoms with van der Waals surface area (Å²) in [7, 11) is 0. The van der Waals surface area contributed by atoms with Gasteiger partial charge in [-0.3, -0.25) is 0 Å². The number of nitrogens with zero attached hydrogens (tertiary/aromatic N) is 2. The second kappa shape index (κ2) is 4.57. The van der Waals surface area contributed by atoms with Crippen molar-refractivity contribution in [3.8, 4) is 0 Å². The molecule has 2 aromatic rings.